The van der Waals surface area contributed by atoms with Gasteiger partial charge in [-0.15, -0.1) is 23.5 Å². The molecule has 1 N–H and O–H groups in total. The number of aliphatic hydroxyl groups excluding tert-OH is 1. The van der Waals surface area contributed by atoms with Crippen molar-refractivity contribution in [1.29, 1.82) is 0 Å². The molecule has 0 aliphatic carbocycles. The Morgan fingerprint density at radius 2 is 1.83 bits per heavy atom. The average Bonchev–Trinajstić information content (AvgIpc) is 3.91. The number of nitrogens with zero attached hydrogens (tertiary/aromatic N) is 5. The molecule has 0 saturated carbocycles. The second-order valence-electron chi connectivity index (χ2n) is 14.6. The van der Waals surface area contributed by atoms with Crippen molar-refractivity contribution in [2.24, 2.45) is 7.05 Å². The van der Waals surface area contributed by atoms with Gasteiger partial charge < -0.3 is 28.6 Å². The summed E-state index contributed by atoms with van der Waals surface area (Å²) in [5.74, 6) is 3.36. The first-order chi connectivity index (χ1) is 29.3. The Kier molecular flexibility index (Phi) is 13.1. The number of ether oxygens (including phenoxy) is 4. The normalized spacial score (nSPS) is 12.6. The van der Waals surface area contributed by atoms with Crippen LogP contribution < -0.4 is 9.47 Å². The second kappa shape index (κ2) is 18.8. The van der Waals surface area contributed by atoms with Crippen LogP contribution in [0.1, 0.15) is 57.7 Å². The standard InChI is InChI=1S/C46H48ClN5O6S2/c1-5-57-46(54)45-29(2)42-39(16-15-37(47)43(42)44-38(49-52-18-20-56-25-40(44)52)28-59-27-32-22-33(24-53)50(3)48-32)51(45)17-8-19-58-41-23-35(21-31-9-6-7-10-36(31)41)60-26-30-11-13-34(55-4)14-12-30/h6-7,9-16,21-23,53H,5,8,17-20,24-28H2,1-4H3. The number of fused-ring (bicyclic) bond motifs is 3. The maximum Gasteiger partial charge on any atom is 0.355 e. The van der Waals surface area contributed by atoms with Crippen molar-refractivity contribution in [3.63, 3.8) is 0 Å². The minimum atomic E-state index is -0.379. The van der Waals surface area contributed by atoms with Gasteiger partial charge in [-0.3, -0.25) is 9.36 Å². The van der Waals surface area contributed by atoms with Gasteiger partial charge in [0.15, 0.2) is 0 Å². The first-order valence-electron chi connectivity index (χ1n) is 20.0. The molecule has 312 valence electrons. The molecular weight excluding hydrogens is 818 g/mol. The van der Waals surface area contributed by atoms with Crippen LogP contribution >= 0.6 is 35.1 Å². The van der Waals surface area contributed by atoms with Gasteiger partial charge in [-0.05, 0) is 79.2 Å². The van der Waals surface area contributed by atoms with Crippen LogP contribution in [-0.4, -0.2) is 62.1 Å². The van der Waals surface area contributed by atoms with E-state index in [9.17, 15) is 9.90 Å². The van der Waals surface area contributed by atoms with E-state index < -0.39 is 0 Å². The molecule has 4 aromatic carbocycles. The number of carbonyl (C=O) groups excluding carboxylic acids is 1. The number of hydrogen-bond donors (Lipinski definition) is 1. The lowest BCUT2D eigenvalue weighted by molar-refractivity contribution is 0.0513. The molecule has 0 saturated heterocycles. The van der Waals surface area contributed by atoms with Crippen LogP contribution in [-0.2, 0) is 60.1 Å². The van der Waals surface area contributed by atoms with Crippen molar-refractivity contribution >= 4 is 62.8 Å². The zero-order valence-corrected chi connectivity index (χ0v) is 36.6. The van der Waals surface area contributed by atoms with E-state index >= 15 is 0 Å². The number of halogens is 1. The highest BCUT2D eigenvalue weighted by molar-refractivity contribution is 7.98. The fraction of sp³-hybridized carbons (Fsp3) is 0.326. The van der Waals surface area contributed by atoms with Crippen molar-refractivity contribution in [3.05, 3.63) is 123 Å². The molecule has 0 atom stereocenters. The third-order valence-corrected chi connectivity index (χ3v) is 13.1. The molecule has 7 aromatic rings. The molecule has 0 radical (unpaired) electrons. The molecule has 1 aliphatic heterocycles. The van der Waals surface area contributed by atoms with Gasteiger partial charge in [0.2, 0.25) is 0 Å². The number of aromatic nitrogens is 5. The zero-order valence-electron chi connectivity index (χ0n) is 34.2. The smallest absolute Gasteiger partial charge is 0.355 e. The number of thioether (sulfide) groups is 2. The van der Waals surface area contributed by atoms with Crippen molar-refractivity contribution < 1.29 is 28.8 Å². The average molecular weight is 867 g/mol. The van der Waals surface area contributed by atoms with Crippen LogP contribution in [0.3, 0.4) is 0 Å². The Balaban J connectivity index is 1.08. The molecule has 0 spiro atoms. The Hall–Kier alpha value is -4.92. The molecule has 4 heterocycles. The molecular formula is C46H48ClN5O6S2. The monoisotopic (exact) mass is 865 g/mol. The van der Waals surface area contributed by atoms with Crippen molar-refractivity contribution in [1.82, 2.24) is 24.1 Å². The fourth-order valence-corrected chi connectivity index (χ4v) is 9.96. The van der Waals surface area contributed by atoms with Gasteiger partial charge in [0, 0.05) is 68.2 Å². The highest BCUT2D eigenvalue weighted by Crippen LogP contribution is 2.44. The summed E-state index contributed by atoms with van der Waals surface area (Å²) in [5, 5.41) is 23.0. The van der Waals surface area contributed by atoms with Gasteiger partial charge in [0.25, 0.3) is 0 Å². The third-order valence-electron chi connectivity index (χ3n) is 10.8. The summed E-state index contributed by atoms with van der Waals surface area (Å²) in [4.78, 5) is 14.9. The Labute approximate surface area is 362 Å². The molecule has 0 amide bonds. The topological polar surface area (TPSA) is 115 Å². The van der Waals surface area contributed by atoms with E-state index in [0.717, 1.165) is 83.3 Å². The minimum absolute atomic E-state index is 0.0641. The molecule has 14 heteroatoms. The summed E-state index contributed by atoms with van der Waals surface area (Å²) in [7, 11) is 3.51. The Bertz CT molecular complexity index is 2650. The molecule has 11 nitrogen and oxygen atoms in total. The van der Waals surface area contributed by atoms with Crippen LogP contribution in [0.15, 0.2) is 83.8 Å². The van der Waals surface area contributed by atoms with E-state index in [-0.39, 0.29) is 19.2 Å². The van der Waals surface area contributed by atoms with Crippen LogP contribution in [0.5, 0.6) is 11.5 Å². The summed E-state index contributed by atoms with van der Waals surface area (Å²) in [6.45, 7) is 6.54. The second-order valence-corrected chi connectivity index (χ2v) is 17.0. The van der Waals surface area contributed by atoms with Gasteiger partial charge in [0.05, 0.1) is 69.5 Å². The number of hydrogen-bond acceptors (Lipinski definition) is 10. The van der Waals surface area contributed by atoms with Crippen LogP contribution in [0.4, 0.5) is 0 Å². The van der Waals surface area contributed by atoms with Gasteiger partial charge >= 0.3 is 5.97 Å². The molecule has 3 aromatic heterocycles. The van der Waals surface area contributed by atoms with Gasteiger partial charge in [0.1, 0.15) is 17.2 Å². The van der Waals surface area contributed by atoms with Crippen molar-refractivity contribution in [2.75, 3.05) is 26.9 Å². The number of methoxy groups -OCH3 is 1. The molecule has 0 unspecified atom stereocenters. The number of aliphatic hydroxyl groups is 1. The Morgan fingerprint density at radius 1 is 1.00 bits per heavy atom. The van der Waals surface area contributed by atoms with Crippen molar-refractivity contribution in [3.8, 4) is 22.6 Å². The lowest BCUT2D eigenvalue weighted by atomic mass is 9.96. The zero-order chi connectivity index (χ0) is 41.8. The predicted octanol–water partition coefficient (Wildman–Crippen LogP) is 9.76. The highest BCUT2D eigenvalue weighted by Gasteiger charge is 2.30. The molecule has 60 heavy (non-hydrogen) atoms. The van der Waals surface area contributed by atoms with Crippen LogP contribution in [0.25, 0.3) is 32.8 Å². The van der Waals surface area contributed by atoms with Gasteiger partial charge in [-0.1, -0.05) is 48.0 Å². The SMILES string of the molecule is CCOC(=O)c1c(C)c2c(-c3c(CSCc4cc(CO)n(C)n4)nn4c3COCC4)c(Cl)ccc2n1CCCOc1cc(SCc2ccc(OC)cc2)cc2ccccc12. The minimum Gasteiger partial charge on any atom is -0.497 e. The maximum atomic E-state index is 13.8. The summed E-state index contributed by atoms with van der Waals surface area (Å²) >= 11 is 10.7. The highest BCUT2D eigenvalue weighted by atomic mass is 35.5. The number of benzene rings is 4. The molecule has 8 rings (SSSR count). The lowest BCUT2D eigenvalue weighted by Gasteiger charge is -2.17. The van der Waals surface area contributed by atoms with E-state index in [2.05, 4.69) is 46.1 Å². The van der Waals surface area contributed by atoms with Gasteiger partial charge in [-0.25, -0.2) is 4.79 Å². The summed E-state index contributed by atoms with van der Waals surface area (Å²) in [6.07, 6.45) is 0.634. The summed E-state index contributed by atoms with van der Waals surface area (Å²) < 4.78 is 29.4. The number of carbonyl (C=O) groups is 1. The quantitative estimate of drug-likeness (QED) is 0.0539. The Morgan fingerprint density at radius 3 is 2.62 bits per heavy atom. The maximum absolute atomic E-state index is 13.8. The summed E-state index contributed by atoms with van der Waals surface area (Å²) in [6, 6.07) is 26.6. The van der Waals surface area contributed by atoms with E-state index in [1.165, 1.54) is 5.56 Å². The van der Waals surface area contributed by atoms with E-state index in [4.69, 9.17) is 35.6 Å². The summed E-state index contributed by atoms with van der Waals surface area (Å²) in [5.41, 5.74) is 8.68. The van der Waals surface area contributed by atoms with Crippen LogP contribution in [0, 0.1) is 6.92 Å². The number of rotatable bonds is 17. The first-order valence-corrected chi connectivity index (χ1v) is 22.6. The third kappa shape index (κ3) is 8.64. The molecule has 1 aliphatic rings. The van der Waals surface area contributed by atoms with Crippen LogP contribution in [0.2, 0.25) is 5.02 Å². The van der Waals surface area contributed by atoms with E-state index in [1.54, 1.807) is 35.3 Å². The first kappa shape index (κ1) is 41.8. The van der Waals surface area contributed by atoms with E-state index in [0.29, 0.717) is 61.6 Å². The van der Waals surface area contributed by atoms with Crippen molar-refractivity contribution in [2.45, 2.75) is 68.7 Å². The lowest BCUT2D eigenvalue weighted by Crippen LogP contribution is -2.17. The largest absolute Gasteiger partial charge is 0.497 e. The van der Waals surface area contributed by atoms with Gasteiger partial charge in [-0.2, -0.15) is 10.2 Å². The molecule has 0 bridgehead atoms. The fourth-order valence-electron chi connectivity index (χ4n) is 7.93. The number of aryl methyl sites for hydroxylation is 3. The number of esters is 1. The molecule has 0 fully saturated rings. The van der Waals surface area contributed by atoms with E-state index in [1.807, 2.05) is 68.0 Å². The predicted molar refractivity (Wildman–Crippen MR) is 239 cm³/mol.